The number of anilines is 1. The van der Waals surface area contributed by atoms with Crippen LogP contribution in [-0.4, -0.2) is 24.4 Å². The SMILES string of the molecule is Cc1ccc(NC(=O)OCCO)cc1Br. The van der Waals surface area contributed by atoms with Gasteiger partial charge in [0.2, 0.25) is 0 Å². The summed E-state index contributed by atoms with van der Waals surface area (Å²) in [6.07, 6.45) is -0.570. The molecule has 0 bridgehead atoms. The molecule has 0 aliphatic carbocycles. The fourth-order valence-electron chi connectivity index (χ4n) is 0.963. The highest BCUT2D eigenvalue weighted by molar-refractivity contribution is 9.10. The first-order valence-corrected chi connectivity index (χ1v) is 5.23. The second kappa shape index (κ2) is 5.72. The van der Waals surface area contributed by atoms with Crippen molar-refractivity contribution < 1.29 is 14.6 Å². The van der Waals surface area contributed by atoms with E-state index in [0.29, 0.717) is 5.69 Å². The first-order valence-electron chi connectivity index (χ1n) is 4.44. The standard InChI is InChI=1S/C10H12BrNO3/c1-7-2-3-8(6-9(7)11)12-10(14)15-5-4-13/h2-3,6,13H,4-5H2,1H3,(H,12,14). The van der Waals surface area contributed by atoms with Crippen LogP contribution >= 0.6 is 15.9 Å². The van der Waals surface area contributed by atoms with Crippen molar-refractivity contribution in [3.05, 3.63) is 28.2 Å². The molecule has 15 heavy (non-hydrogen) atoms. The molecular formula is C10H12BrNO3. The summed E-state index contributed by atoms with van der Waals surface area (Å²) in [6.45, 7) is 1.78. The molecule has 1 amide bonds. The van der Waals surface area contributed by atoms with Gasteiger partial charge in [-0.2, -0.15) is 0 Å². The predicted molar refractivity (Wildman–Crippen MR) is 60.9 cm³/mol. The molecule has 0 unspecified atom stereocenters. The van der Waals surface area contributed by atoms with E-state index in [1.54, 1.807) is 12.1 Å². The van der Waals surface area contributed by atoms with Crippen LogP contribution in [-0.2, 0) is 4.74 Å². The van der Waals surface area contributed by atoms with Gasteiger partial charge in [-0.3, -0.25) is 5.32 Å². The Bertz CT molecular complexity index is 355. The molecule has 0 aliphatic heterocycles. The van der Waals surface area contributed by atoms with Crippen LogP contribution in [0.25, 0.3) is 0 Å². The number of aliphatic hydroxyl groups is 1. The van der Waals surface area contributed by atoms with E-state index in [1.807, 2.05) is 13.0 Å². The third kappa shape index (κ3) is 3.89. The number of amides is 1. The number of aryl methyl sites for hydroxylation is 1. The number of hydrogen-bond donors (Lipinski definition) is 2. The molecule has 0 saturated carbocycles. The van der Waals surface area contributed by atoms with Gasteiger partial charge < -0.3 is 9.84 Å². The molecule has 0 spiro atoms. The van der Waals surface area contributed by atoms with Crippen LogP contribution in [0.3, 0.4) is 0 Å². The van der Waals surface area contributed by atoms with E-state index >= 15 is 0 Å². The minimum atomic E-state index is -0.570. The second-order valence-electron chi connectivity index (χ2n) is 2.95. The van der Waals surface area contributed by atoms with Gasteiger partial charge in [-0.1, -0.05) is 22.0 Å². The van der Waals surface area contributed by atoms with Crippen molar-refractivity contribution in [2.45, 2.75) is 6.92 Å². The molecule has 0 saturated heterocycles. The normalized spacial score (nSPS) is 9.80. The van der Waals surface area contributed by atoms with Crippen LogP contribution in [0.15, 0.2) is 22.7 Å². The van der Waals surface area contributed by atoms with E-state index in [9.17, 15) is 4.79 Å². The number of halogens is 1. The predicted octanol–water partition coefficient (Wildman–Crippen LogP) is 2.30. The van der Waals surface area contributed by atoms with Gasteiger partial charge in [0.15, 0.2) is 0 Å². The van der Waals surface area contributed by atoms with Gasteiger partial charge in [-0.15, -0.1) is 0 Å². The molecule has 82 valence electrons. The number of nitrogens with one attached hydrogen (secondary N) is 1. The molecule has 0 radical (unpaired) electrons. The molecule has 0 aromatic heterocycles. The summed E-state index contributed by atoms with van der Waals surface area (Å²) in [5, 5.41) is 11.0. The summed E-state index contributed by atoms with van der Waals surface area (Å²) in [6, 6.07) is 5.45. The molecule has 4 nitrogen and oxygen atoms in total. The van der Waals surface area contributed by atoms with Crippen molar-refractivity contribution in [1.82, 2.24) is 0 Å². The fourth-order valence-corrected chi connectivity index (χ4v) is 1.34. The van der Waals surface area contributed by atoms with Crippen LogP contribution in [0.1, 0.15) is 5.56 Å². The zero-order chi connectivity index (χ0) is 11.3. The maximum atomic E-state index is 11.1. The largest absolute Gasteiger partial charge is 0.447 e. The Kier molecular flexibility index (Phi) is 4.58. The molecule has 2 N–H and O–H groups in total. The highest BCUT2D eigenvalue weighted by atomic mass is 79.9. The molecule has 0 fully saturated rings. The lowest BCUT2D eigenvalue weighted by Gasteiger charge is -2.06. The van der Waals surface area contributed by atoms with Crippen molar-refractivity contribution in [2.75, 3.05) is 18.5 Å². The molecule has 0 aliphatic rings. The number of ether oxygens (including phenoxy) is 1. The minimum Gasteiger partial charge on any atom is -0.447 e. The Balaban J connectivity index is 2.57. The number of benzene rings is 1. The van der Waals surface area contributed by atoms with Crippen molar-refractivity contribution in [2.24, 2.45) is 0 Å². The van der Waals surface area contributed by atoms with Gasteiger partial charge in [0.25, 0.3) is 0 Å². The molecule has 0 heterocycles. The van der Waals surface area contributed by atoms with E-state index in [0.717, 1.165) is 10.0 Å². The Labute approximate surface area is 96.4 Å². The molecule has 1 aromatic carbocycles. The lowest BCUT2D eigenvalue weighted by molar-refractivity contribution is 0.131. The molecule has 0 atom stereocenters. The topological polar surface area (TPSA) is 58.6 Å². The fraction of sp³-hybridized carbons (Fsp3) is 0.300. The van der Waals surface area contributed by atoms with Crippen molar-refractivity contribution in [3.63, 3.8) is 0 Å². The van der Waals surface area contributed by atoms with Crippen LogP contribution in [0.4, 0.5) is 10.5 Å². The van der Waals surface area contributed by atoms with Gasteiger partial charge in [-0.25, -0.2) is 4.79 Å². The average Bonchev–Trinajstić information content (AvgIpc) is 2.20. The number of hydrogen-bond acceptors (Lipinski definition) is 3. The lowest BCUT2D eigenvalue weighted by Crippen LogP contribution is -2.15. The van der Waals surface area contributed by atoms with Crippen LogP contribution in [0.5, 0.6) is 0 Å². The third-order valence-electron chi connectivity index (χ3n) is 1.74. The van der Waals surface area contributed by atoms with Crippen LogP contribution in [0.2, 0.25) is 0 Å². The van der Waals surface area contributed by atoms with Crippen molar-refractivity contribution in [1.29, 1.82) is 0 Å². The van der Waals surface area contributed by atoms with Crippen molar-refractivity contribution in [3.8, 4) is 0 Å². The van der Waals surface area contributed by atoms with Gasteiger partial charge in [0.05, 0.1) is 6.61 Å². The smallest absolute Gasteiger partial charge is 0.411 e. The molecule has 1 aromatic rings. The minimum absolute atomic E-state index is 0.00113. The molecule has 5 heteroatoms. The maximum absolute atomic E-state index is 11.1. The van der Waals surface area contributed by atoms with Crippen LogP contribution < -0.4 is 5.32 Å². The van der Waals surface area contributed by atoms with Gasteiger partial charge in [-0.05, 0) is 24.6 Å². The number of aliphatic hydroxyl groups excluding tert-OH is 1. The molecule has 1 rings (SSSR count). The number of rotatable bonds is 3. The lowest BCUT2D eigenvalue weighted by atomic mass is 10.2. The first kappa shape index (κ1) is 12.0. The Morgan fingerprint density at radius 3 is 2.93 bits per heavy atom. The summed E-state index contributed by atoms with van der Waals surface area (Å²) in [7, 11) is 0. The van der Waals surface area contributed by atoms with E-state index in [4.69, 9.17) is 5.11 Å². The monoisotopic (exact) mass is 273 g/mol. The Morgan fingerprint density at radius 2 is 2.33 bits per heavy atom. The third-order valence-corrected chi connectivity index (χ3v) is 2.60. The zero-order valence-corrected chi connectivity index (χ0v) is 9.87. The summed E-state index contributed by atoms with van der Waals surface area (Å²) in [4.78, 5) is 11.1. The quantitative estimate of drug-likeness (QED) is 0.889. The highest BCUT2D eigenvalue weighted by Gasteiger charge is 2.03. The summed E-state index contributed by atoms with van der Waals surface area (Å²) < 4.78 is 5.57. The van der Waals surface area contributed by atoms with E-state index in [-0.39, 0.29) is 13.2 Å². The van der Waals surface area contributed by atoms with Crippen molar-refractivity contribution >= 4 is 27.7 Å². The first-order chi connectivity index (χ1) is 7.13. The van der Waals surface area contributed by atoms with Gasteiger partial charge in [0, 0.05) is 10.2 Å². The summed E-state index contributed by atoms with van der Waals surface area (Å²) >= 11 is 3.36. The summed E-state index contributed by atoms with van der Waals surface area (Å²) in [5.74, 6) is 0. The number of carbonyl (C=O) groups excluding carboxylic acids is 1. The van der Waals surface area contributed by atoms with Gasteiger partial charge in [0.1, 0.15) is 6.61 Å². The van der Waals surface area contributed by atoms with Gasteiger partial charge >= 0.3 is 6.09 Å². The summed E-state index contributed by atoms with van der Waals surface area (Å²) in [5.41, 5.74) is 1.74. The average molecular weight is 274 g/mol. The van der Waals surface area contributed by atoms with E-state index in [2.05, 4.69) is 26.0 Å². The highest BCUT2D eigenvalue weighted by Crippen LogP contribution is 2.20. The van der Waals surface area contributed by atoms with Crippen LogP contribution in [0, 0.1) is 6.92 Å². The zero-order valence-electron chi connectivity index (χ0n) is 8.29. The van der Waals surface area contributed by atoms with E-state index in [1.165, 1.54) is 0 Å². The Morgan fingerprint density at radius 1 is 1.60 bits per heavy atom. The maximum Gasteiger partial charge on any atom is 0.411 e. The van der Waals surface area contributed by atoms with E-state index < -0.39 is 6.09 Å². The number of carbonyl (C=O) groups is 1. The molecular weight excluding hydrogens is 262 g/mol. The Hall–Kier alpha value is -1.07. The second-order valence-corrected chi connectivity index (χ2v) is 3.80.